The molecule has 1 heterocycles. The van der Waals surface area contributed by atoms with Crippen molar-refractivity contribution in [2.24, 2.45) is 0 Å². The lowest BCUT2D eigenvalue weighted by molar-refractivity contribution is 0.0945. The molecule has 0 aliphatic carbocycles. The Hall–Kier alpha value is -2.30. The van der Waals surface area contributed by atoms with Gasteiger partial charge in [0.25, 0.3) is 5.91 Å². The standard InChI is InChI=1S/C21H21Cl2N3O/c1-2-3-7-12-24-21(27)20-14-19(15-8-5-4-6-9-15)25-26(20)16-10-11-17(22)18(23)13-16/h4-6,8-11,13-14H,2-3,7,12H2,1H3,(H,24,27). The quantitative estimate of drug-likeness (QED) is 0.511. The van der Waals surface area contributed by atoms with E-state index in [-0.39, 0.29) is 5.91 Å². The van der Waals surface area contributed by atoms with E-state index in [1.165, 1.54) is 0 Å². The average Bonchev–Trinajstić information content (AvgIpc) is 3.13. The van der Waals surface area contributed by atoms with Crippen molar-refractivity contribution in [3.63, 3.8) is 0 Å². The monoisotopic (exact) mass is 401 g/mol. The van der Waals surface area contributed by atoms with Crippen molar-refractivity contribution < 1.29 is 4.79 Å². The Morgan fingerprint density at radius 3 is 2.52 bits per heavy atom. The molecule has 0 bridgehead atoms. The van der Waals surface area contributed by atoms with Crippen LogP contribution in [0.25, 0.3) is 16.9 Å². The molecule has 3 aromatic rings. The lowest BCUT2D eigenvalue weighted by Gasteiger charge is -2.09. The van der Waals surface area contributed by atoms with Gasteiger partial charge in [0, 0.05) is 12.1 Å². The highest BCUT2D eigenvalue weighted by molar-refractivity contribution is 6.42. The first kappa shape index (κ1) is 19.5. The lowest BCUT2D eigenvalue weighted by atomic mass is 10.1. The van der Waals surface area contributed by atoms with E-state index in [9.17, 15) is 4.79 Å². The Balaban J connectivity index is 1.97. The topological polar surface area (TPSA) is 46.9 Å². The van der Waals surface area contributed by atoms with Crippen molar-refractivity contribution >= 4 is 29.1 Å². The molecule has 0 aliphatic heterocycles. The van der Waals surface area contributed by atoms with Crippen LogP contribution in [0.3, 0.4) is 0 Å². The molecule has 1 amide bonds. The molecule has 0 atom stereocenters. The van der Waals surface area contributed by atoms with Crippen LogP contribution in [0.2, 0.25) is 10.0 Å². The fourth-order valence-electron chi connectivity index (χ4n) is 2.77. The fourth-order valence-corrected chi connectivity index (χ4v) is 3.07. The maximum Gasteiger partial charge on any atom is 0.270 e. The number of benzene rings is 2. The van der Waals surface area contributed by atoms with Crippen molar-refractivity contribution in [3.05, 3.63) is 70.3 Å². The van der Waals surface area contributed by atoms with E-state index in [2.05, 4.69) is 17.3 Å². The second kappa shape index (κ2) is 9.07. The van der Waals surface area contributed by atoms with Gasteiger partial charge in [0.1, 0.15) is 5.69 Å². The molecule has 4 nitrogen and oxygen atoms in total. The van der Waals surface area contributed by atoms with Gasteiger partial charge in [-0.25, -0.2) is 4.68 Å². The van der Waals surface area contributed by atoms with Crippen LogP contribution in [0, 0.1) is 0 Å². The molecule has 0 fully saturated rings. The molecule has 0 aliphatic rings. The molecule has 0 saturated heterocycles. The molecule has 1 aromatic heterocycles. The van der Waals surface area contributed by atoms with Gasteiger partial charge < -0.3 is 5.32 Å². The first-order valence-corrected chi connectivity index (χ1v) is 9.75. The number of hydrogen-bond acceptors (Lipinski definition) is 2. The van der Waals surface area contributed by atoms with Crippen molar-refractivity contribution in [1.82, 2.24) is 15.1 Å². The molecule has 1 N–H and O–H groups in total. The summed E-state index contributed by atoms with van der Waals surface area (Å²) in [4.78, 5) is 12.8. The normalized spacial score (nSPS) is 10.8. The summed E-state index contributed by atoms with van der Waals surface area (Å²) in [7, 11) is 0. The third kappa shape index (κ3) is 4.71. The third-order valence-corrected chi connectivity index (χ3v) is 4.96. The van der Waals surface area contributed by atoms with E-state index in [4.69, 9.17) is 23.2 Å². The largest absolute Gasteiger partial charge is 0.351 e. The SMILES string of the molecule is CCCCCNC(=O)c1cc(-c2ccccc2)nn1-c1ccc(Cl)c(Cl)c1. The highest BCUT2D eigenvalue weighted by Crippen LogP contribution is 2.27. The van der Waals surface area contributed by atoms with E-state index in [0.717, 1.165) is 30.5 Å². The van der Waals surface area contributed by atoms with E-state index in [1.54, 1.807) is 28.9 Å². The Kier molecular flexibility index (Phi) is 6.54. The summed E-state index contributed by atoms with van der Waals surface area (Å²) in [6, 6.07) is 16.8. The minimum absolute atomic E-state index is 0.160. The number of aromatic nitrogens is 2. The van der Waals surface area contributed by atoms with Crippen LogP contribution in [0.15, 0.2) is 54.6 Å². The van der Waals surface area contributed by atoms with Gasteiger partial charge in [0.05, 0.1) is 21.4 Å². The summed E-state index contributed by atoms with van der Waals surface area (Å²) in [5.74, 6) is -0.160. The first-order valence-electron chi connectivity index (χ1n) is 8.99. The Morgan fingerprint density at radius 2 is 1.81 bits per heavy atom. The number of halogens is 2. The molecule has 27 heavy (non-hydrogen) atoms. The van der Waals surface area contributed by atoms with Gasteiger partial charge in [-0.05, 0) is 30.7 Å². The van der Waals surface area contributed by atoms with Gasteiger partial charge in [0.2, 0.25) is 0 Å². The smallest absolute Gasteiger partial charge is 0.270 e. The van der Waals surface area contributed by atoms with E-state index < -0.39 is 0 Å². The van der Waals surface area contributed by atoms with Gasteiger partial charge in [0.15, 0.2) is 0 Å². The molecule has 140 valence electrons. The Morgan fingerprint density at radius 1 is 1.04 bits per heavy atom. The number of hydrogen-bond donors (Lipinski definition) is 1. The Bertz CT molecular complexity index is 922. The average molecular weight is 402 g/mol. The highest BCUT2D eigenvalue weighted by Gasteiger charge is 2.18. The minimum Gasteiger partial charge on any atom is -0.351 e. The zero-order valence-corrected chi connectivity index (χ0v) is 16.6. The molecule has 0 saturated carbocycles. The number of carbonyl (C=O) groups excluding carboxylic acids is 1. The van der Waals surface area contributed by atoms with E-state index in [0.29, 0.717) is 28.0 Å². The van der Waals surface area contributed by atoms with E-state index in [1.807, 2.05) is 30.3 Å². The number of carbonyl (C=O) groups is 1. The van der Waals surface area contributed by atoms with E-state index >= 15 is 0 Å². The first-order chi connectivity index (χ1) is 13.1. The summed E-state index contributed by atoms with van der Waals surface area (Å²) in [6.07, 6.45) is 3.14. The summed E-state index contributed by atoms with van der Waals surface area (Å²) in [6.45, 7) is 2.77. The lowest BCUT2D eigenvalue weighted by Crippen LogP contribution is -2.26. The Labute approximate surface area is 169 Å². The molecule has 3 rings (SSSR count). The molecule has 0 radical (unpaired) electrons. The molecular weight excluding hydrogens is 381 g/mol. The van der Waals surface area contributed by atoms with Gasteiger partial charge >= 0.3 is 0 Å². The number of nitrogens with zero attached hydrogens (tertiary/aromatic N) is 2. The molecule has 0 spiro atoms. The number of unbranched alkanes of at least 4 members (excludes halogenated alkanes) is 2. The van der Waals surface area contributed by atoms with Gasteiger partial charge in [-0.15, -0.1) is 0 Å². The van der Waals surface area contributed by atoms with Crippen LogP contribution >= 0.6 is 23.2 Å². The summed E-state index contributed by atoms with van der Waals surface area (Å²) in [5.41, 5.74) is 2.81. The second-order valence-corrected chi connectivity index (χ2v) is 7.07. The van der Waals surface area contributed by atoms with Crippen LogP contribution in [0.5, 0.6) is 0 Å². The van der Waals surface area contributed by atoms with Crippen LogP contribution in [0.1, 0.15) is 36.7 Å². The van der Waals surface area contributed by atoms with Gasteiger partial charge in [-0.2, -0.15) is 5.10 Å². The second-order valence-electron chi connectivity index (χ2n) is 6.25. The molecule has 6 heteroatoms. The molecule has 0 unspecified atom stereocenters. The zero-order valence-electron chi connectivity index (χ0n) is 15.1. The number of nitrogens with one attached hydrogen (secondary N) is 1. The van der Waals surface area contributed by atoms with Gasteiger partial charge in [-0.1, -0.05) is 73.3 Å². The maximum absolute atomic E-state index is 12.8. The maximum atomic E-state index is 12.8. The summed E-state index contributed by atoms with van der Waals surface area (Å²) < 4.78 is 1.61. The zero-order chi connectivity index (χ0) is 19.2. The predicted octanol–water partition coefficient (Wildman–Crippen LogP) is 5.77. The van der Waals surface area contributed by atoms with Crippen molar-refractivity contribution in [2.45, 2.75) is 26.2 Å². The van der Waals surface area contributed by atoms with Crippen LogP contribution < -0.4 is 5.32 Å². The summed E-state index contributed by atoms with van der Waals surface area (Å²) in [5, 5.41) is 8.49. The van der Waals surface area contributed by atoms with Crippen LogP contribution in [-0.4, -0.2) is 22.2 Å². The van der Waals surface area contributed by atoms with Crippen molar-refractivity contribution in [1.29, 1.82) is 0 Å². The van der Waals surface area contributed by atoms with Crippen LogP contribution in [-0.2, 0) is 0 Å². The summed E-state index contributed by atoms with van der Waals surface area (Å²) >= 11 is 12.2. The number of amides is 1. The van der Waals surface area contributed by atoms with Gasteiger partial charge in [-0.3, -0.25) is 4.79 Å². The van der Waals surface area contributed by atoms with Crippen molar-refractivity contribution in [3.8, 4) is 16.9 Å². The molecular formula is C21H21Cl2N3O. The predicted molar refractivity (Wildman–Crippen MR) is 111 cm³/mol. The molecule has 2 aromatic carbocycles. The highest BCUT2D eigenvalue weighted by atomic mass is 35.5. The minimum atomic E-state index is -0.160. The number of rotatable bonds is 7. The third-order valence-electron chi connectivity index (χ3n) is 4.23. The van der Waals surface area contributed by atoms with Crippen molar-refractivity contribution in [2.75, 3.05) is 6.54 Å². The van der Waals surface area contributed by atoms with Crippen LogP contribution in [0.4, 0.5) is 0 Å². The fraction of sp³-hybridized carbons (Fsp3) is 0.238.